The van der Waals surface area contributed by atoms with Crippen LogP contribution in [-0.2, 0) is 14.3 Å². The molecule has 0 heterocycles. The van der Waals surface area contributed by atoms with Crippen LogP contribution in [0.15, 0.2) is 60.6 Å². The number of carbonyl (C=O) groups is 2. The summed E-state index contributed by atoms with van der Waals surface area (Å²) in [4.78, 5) is 23.5. The largest absolute Gasteiger partial charge is 0.491 e. The Bertz CT molecular complexity index is 685. The van der Waals surface area contributed by atoms with Crippen molar-refractivity contribution in [1.29, 1.82) is 0 Å². The molecular weight excluding hydrogens is 383 g/mol. The number of nitrogens with one attached hydrogen (secondary N) is 2. The second-order valence-corrected chi connectivity index (χ2v) is 7.14. The van der Waals surface area contributed by atoms with Crippen LogP contribution >= 0.6 is 11.6 Å². The van der Waals surface area contributed by atoms with Crippen LogP contribution in [0, 0.1) is 0 Å². The zero-order chi connectivity index (χ0) is 21.1. The SMILES string of the molecule is C=C(C)/C=C/CNC(=O)CCC(=C)NC(=O)CO/C=C1\CCC(=C)C(Cl)C1F. The van der Waals surface area contributed by atoms with Crippen LogP contribution in [0.1, 0.15) is 32.6 Å². The Morgan fingerprint density at radius 2 is 2.00 bits per heavy atom. The molecule has 2 unspecified atom stereocenters. The number of hydrogen-bond acceptors (Lipinski definition) is 3. The highest BCUT2D eigenvalue weighted by Gasteiger charge is 2.30. The van der Waals surface area contributed by atoms with Gasteiger partial charge in [0.25, 0.3) is 5.91 Å². The summed E-state index contributed by atoms with van der Waals surface area (Å²) in [5, 5.41) is 4.51. The van der Waals surface area contributed by atoms with E-state index < -0.39 is 17.5 Å². The lowest BCUT2D eigenvalue weighted by Gasteiger charge is -2.25. The standard InChI is InChI=1S/C21H28ClFN2O3/c1-14(2)6-5-11-24-18(26)10-8-16(4)25-19(27)13-28-12-17-9-7-15(3)20(22)21(17)23/h5-6,12,20-21H,1,3-4,7-11,13H2,2H3,(H,24,26)(H,25,27)/b6-5+,17-12+. The number of allylic oxidation sites excluding steroid dienone is 5. The maximum atomic E-state index is 14.1. The quantitative estimate of drug-likeness (QED) is 0.249. The molecule has 1 rings (SSSR count). The van der Waals surface area contributed by atoms with E-state index in [0.717, 1.165) is 5.57 Å². The lowest BCUT2D eigenvalue weighted by Crippen LogP contribution is -2.28. The molecule has 0 spiro atoms. The summed E-state index contributed by atoms with van der Waals surface area (Å²) in [6, 6.07) is 0. The highest BCUT2D eigenvalue weighted by atomic mass is 35.5. The molecule has 1 fully saturated rings. The minimum atomic E-state index is -1.36. The van der Waals surface area contributed by atoms with Crippen LogP contribution in [0.3, 0.4) is 0 Å². The maximum Gasteiger partial charge on any atom is 0.261 e. The topological polar surface area (TPSA) is 67.4 Å². The van der Waals surface area contributed by atoms with E-state index >= 15 is 0 Å². The van der Waals surface area contributed by atoms with E-state index in [0.29, 0.717) is 42.7 Å². The van der Waals surface area contributed by atoms with Gasteiger partial charge < -0.3 is 15.4 Å². The first-order valence-electron chi connectivity index (χ1n) is 9.03. The number of alkyl halides is 2. The van der Waals surface area contributed by atoms with E-state index in [4.69, 9.17) is 16.3 Å². The van der Waals surface area contributed by atoms with Gasteiger partial charge >= 0.3 is 0 Å². The second kappa shape index (κ2) is 12.2. The summed E-state index contributed by atoms with van der Waals surface area (Å²) >= 11 is 5.93. The minimum Gasteiger partial charge on any atom is -0.491 e. The Morgan fingerprint density at radius 1 is 1.29 bits per heavy atom. The zero-order valence-electron chi connectivity index (χ0n) is 16.2. The Morgan fingerprint density at radius 3 is 2.68 bits per heavy atom. The van der Waals surface area contributed by atoms with Crippen molar-refractivity contribution < 1.29 is 18.7 Å². The van der Waals surface area contributed by atoms with E-state index in [1.807, 2.05) is 13.0 Å². The van der Waals surface area contributed by atoms with Crippen LogP contribution in [0.4, 0.5) is 4.39 Å². The summed E-state index contributed by atoms with van der Waals surface area (Å²) < 4.78 is 19.2. The smallest absolute Gasteiger partial charge is 0.261 e. The number of halogens is 2. The Labute approximate surface area is 171 Å². The monoisotopic (exact) mass is 410 g/mol. The van der Waals surface area contributed by atoms with E-state index in [9.17, 15) is 14.0 Å². The van der Waals surface area contributed by atoms with Gasteiger partial charge in [0.2, 0.25) is 5.91 Å². The zero-order valence-corrected chi connectivity index (χ0v) is 17.0. The molecule has 5 nitrogen and oxygen atoms in total. The van der Waals surface area contributed by atoms with Gasteiger partial charge in [0.05, 0.1) is 11.6 Å². The molecule has 0 radical (unpaired) electrons. The molecule has 0 aliphatic heterocycles. The maximum absolute atomic E-state index is 14.1. The van der Waals surface area contributed by atoms with Crippen molar-refractivity contribution in [2.45, 2.75) is 44.2 Å². The molecule has 7 heteroatoms. The fourth-order valence-electron chi connectivity index (χ4n) is 2.41. The number of hydrogen-bond donors (Lipinski definition) is 2. The van der Waals surface area contributed by atoms with Crippen LogP contribution < -0.4 is 10.6 Å². The summed E-state index contributed by atoms with van der Waals surface area (Å²) in [5.41, 5.74) is 2.39. The fourth-order valence-corrected chi connectivity index (χ4v) is 2.68. The molecule has 2 N–H and O–H groups in total. The summed E-state index contributed by atoms with van der Waals surface area (Å²) in [7, 11) is 0. The molecule has 1 saturated carbocycles. The van der Waals surface area contributed by atoms with Gasteiger partial charge in [-0.25, -0.2) is 4.39 Å². The highest BCUT2D eigenvalue weighted by Crippen LogP contribution is 2.33. The summed E-state index contributed by atoms with van der Waals surface area (Å²) in [6.45, 7) is 13.2. The van der Waals surface area contributed by atoms with Gasteiger partial charge in [-0.05, 0) is 26.2 Å². The number of ether oxygens (including phenoxy) is 1. The molecule has 2 atom stereocenters. The van der Waals surface area contributed by atoms with Crippen molar-refractivity contribution in [2.75, 3.05) is 13.2 Å². The predicted octanol–water partition coefficient (Wildman–Crippen LogP) is 3.84. The molecule has 0 aromatic carbocycles. The third-order valence-corrected chi connectivity index (χ3v) is 4.50. The first kappa shape index (κ1) is 23.7. The van der Waals surface area contributed by atoms with Gasteiger partial charge in [-0.2, -0.15) is 0 Å². The van der Waals surface area contributed by atoms with Crippen LogP contribution in [0.25, 0.3) is 0 Å². The third-order valence-electron chi connectivity index (χ3n) is 3.97. The molecule has 1 aliphatic carbocycles. The van der Waals surface area contributed by atoms with Gasteiger partial charge in [-0.1, -0.05) is 43.0 Å². The van der Waals surface area contributed by atoms with Crippen LogP contribution in [0.5, 0.6) is 0 Å². The number of carbonyl (C=O) groups excluding carboxylic acids is 2. The Balaban J connectivity index is 2.25. The average molecular weight is 411 g/mol. The minimum absolute atomic E-state index is 0.147. The summed E-state index contributed by atoms with van der Waals surface area (Å²) in [6.07, 6.45) is 5.09. The Hall–Kier alpha value is -2.34. The molecule has 0 bridgehead atoms. The van der Waals surface area contributed by atoms with Crippen LogP contribution in [-0.4, -0.2) is 36.5 Å². The molecule has 0 saturated heterocycles. The van der Waals surface area contributed by atoms with Crippen molar-refractivity contribution in [3.8, 4) is 0 Å². The predicted molar refractivity (Wildman–Crippen MR) is 110 cm³/mol. The average Bonchev–Trinajstić information content (AvgIpc) is 2.63. The van der Waals surface area contributed by atoms with Gasteiger partial charge in [-0.15, -0.1) is 11.6 Å². The van der Waals surface area contributed by atoms with E-state index in [-0.39, 0.29) is 18.9 Å². The first-order valence-corrected chi connectivity index (χ1v) is 9.47. The van der Waals surface area contributed by atoms with Crippen LogP contribution in [0.2, 0.25) is 0 Å². The normalized spacial score (nSPS) is 20.8. The second-order valence-electron chi connectivity index (χ2n) is 6.67. The van der Waals surface area contributed by atoms with Gasteiger partial charge in [0.15, 0.2) is 6.61 Å². The van der Waals surface area contributed by atoms with Crippen molar-refractivity contribution in [3.63, 3.8) is 0 Å². The highest BCUT2D eigenvalue weighted by molar-refractivity contribution is 6.23. The van der Waals surface area contributed by atoms with Gasteiger partial charge in [0, 0.05) is 24.2 Å². The molecule has 0 aromatic heterocycles. The van der Waals surface area contributed by atoms with Gasteiger partial charge in [-0.3, -0.25) is 9.59 Å². The molecule has 0 aromatic rings. The third kappa shape index (κ3) is 9.04. The van der Waals surface area contributed by atoms with Crippen molar-refractivity contribution in [3.05, 3.63) is 60.6 Å². The number of rotatable bonds is 10. The van der Waals surface area contributed by atoms with Crippen molar-refractivity contribution in [1.82, 2.24) is 10.6 Å². The molecular formula is C21H28ClFN2O3. The molecule has 1 aliphatic rings. The van der Waals surface area contributed by atoms with E-state index in [1.54, 1.807) is 6.08 Å². The number of amides is 2. The molecule has 2 amide bonds. The van der Waals surface area contributed by atoms with Crippen molar-refractivity contribution >= 4 is 23.4 Å². The lowest BCUT2D eigenvalue weighted by molar-refractivity contribution is -0.124. The van der Waals surface area contributed by atoms with E-state index in [2.05, 4.69) is 30.4 Å². The molecule has 28 heavy (non-hydrogen) atoms. The van der Waals surface area contributed by atoms with Gasteiger partial charge in [0.1, 0.15) is 6.17 Å². The first-order chi connectivity index (χ1) is 13.2. The van der Waals surface area contributed by atoms with Crippen molar-refractivity contribution in [2.24, 2.45) is 0 Å². The lowest BCUT2D eigenvalue weighted by atomic mass is 9.90. The summed E-state index contributed by atoms with van der Waals surface area (Å²) in [5.74, 6) is -0.573. The Kier molecular flexibility index (Phi) is 10.3. The van der Waals surface area contributed by atoms with E-state index in [1.165, 1.54) is 6.26 Å². The molecule has 154 valence electrons. The fraction of sp³-hybridized carbons (Fsp3) is 0.429.